The van der Waals surface area contributed by atoms with Gasteiger partial charge in [-0.2, -0.15) is 0 Å². The Morgan fingerprint density at radius 2 is 2.06 bits per heavy atom. The maximum atomic E-state index is 12.7. The first kappa shape index (κ1) is 25.2. The van der Waals surface area contributed by atoms with Gasteiger partial charge in [-0.1, -0.05) is 35.5 Å². The predicted molar refractivity (Wildman–Crippen MR) is 107 cm³/mol. The summed E-state index contributed by atoms with van der Waals surface area (Å²) >= 11 is 1.08. The number of rotatable bonds is 8. The summed E-state index contributed by atoms with van der Waals surface area (Å²) in [5.74, 6) is -1.82. The Morgan fingerprint density at radius 1 is 1.39 bits per heavy atom. The van der Waals surface area contributed by atoms with Crippen molar-refractivity contribution in [2.24, 2.45) is 5.16 Å². The van der Waals surface area contributed by atoms with E-state index in [1.165, 1.54) is 12.5 Å². The number of carbonyl (C=O) groups is 2. The summed E-state index contributed by atoms with van der Waals surface area (Å²) < 4.78 is 34.8. The molecule has 1 aromatic heterocycles. The number of oxime groups is 1. The Labute approximate surface area is 204 Å². The van der Waals surface area contributed by atoms with Crippen LogP contribution in [0.5, 0.6) is 0 Å². The molecular formula is C17H18N5NaO6S2. The molecule has 2 unspecified atom stereocenters. The van der Waals surface area contributed by atoms with Crippen molar-refractivity contribution < 1.29 is 57.0 Å². The van der Waals surface area contributed by atoms with Crippen LogP contribution in [0, 0.1) is 0 Å². The van der Waals surface area contributed by atoms with E-state index >= 15 is 0 Å². The summed E-state index contributed by atoms with van der Waals surface area (Å²) in [5, 5.41) is 7.73. The maximum Gasteiger partial charge on any atom is 1.00 e. The molecule has 0 spiro atoms. The first-order valence-electron chi connectivity index (χ1n) is 8.68. The zero-order valence-corrected chi connectivity index (χ0v) is 20.4. The number of nitrogens with one attached hydrogen (secondary N) is 1. The molecule has 1 aliphatic rings. The number of aryl methyl sites for hydroxylation is 1. The normalized spacial score (nSPS) is 18.7. The molecule has 3 N–H and O–H groups in total. The van der Waals surface area contributed by atoms with Crippen LogP contribution < -0.4 is 40.6 Å². The molecule has 0 saturated carbocycles. The molecule has 1 saturated heterocycles. The minimum Gasteiger partial charge on any atom is -0.731 e. The summed E-state index contributed by atoms with van der Waals surface area (Å²) in [6.45, 7) is 0. The van der Waals surface area contributed by atoms with Gasteiger partial charge < -0.3 is 20.4 Å². The van der Waals surface area contributed by atoms with Gasteiger partial charge in [-0.05, 0) is 18.4 Å². The molecule has 2 amide bonds. The molecule has 14 heteroatoms. The summed E-state index contributed by atoms with van der Waals surface area (Å²) in [5.41, 5.74) is 6.37. The van der Waals surface area contributed by atoms with Crippen LogP contribution in [-0.2, 0) is 31.2 Å². The van der Waals surface area contributed by atoms with Crippen LogP contribution in [0.15, 0.2) is 40.9 Å². The van der Waals surface area contributed by atoms with E-state index in [1.54, 1.807) is 0 Å². The molecule has 1 aromatic carbocycles. The zero-order chi connectivity index (χ0) is 21.9. The molecule has 1 fully saturated rings. The number of aromatic nitrogens is 1. The Morgan fingerprint density at radius 3 is 2.61 bits per heavy atom. The van der Waals surface area contributed by atoms with Crippen LogP contribution in [0.3, 0.4) is 0 Å². The smallest absolute Gasteiger partial charge is 0.731 e. The molecule has 0 aliphatic carbocycles. The number of amides is 2. The quantitative estimate of drug-likeness (QED) is 0.133. The standard InChI is InChI=1S/C17H19N5O6S2.Na/c1-28-21-13(11-9-29-17(18)19-11)15(23)20-14-12(22(16(14)24)30(25,26)27)8-7-10-5-3-2-4-6-10;/h2-6,9,12,14H,7-8H2,1H3,(H2,18,19)(H,20,23)(H,25,26,27);/q;+1/p-1. The van der Waals surface area contributed by atoms with Gasteiger partial charge in [0.05, 0.1) is 6.04 Å². The van der Waals surface area contributed by atoms with Crippen molar-refractivity contribution in [3.05, 3.63) is 47.0 Å². The van der Waals surface area contributed by atoms with E-state index in [0.717, 1.165) is 16.9 Å². The van der Waals surface area contributed by atoms with Crippen molar-refractivity contribution in [1.29, 1.82) is 0 Å². The van der Waals surface area contributed by atoms with E-state index in [1.807, 2.05) is 30.3 Å². The Balaban J connectivity index is 0.00000341. The first-order chi connectivity index (χ1) is 14.2. The van der Waals surface area contributed by atoms with Crippen molar-refractivity contribution in [2.75, 3.05) is 12.8 Å². The van der Waals surface area contributed by atoms with Gasteiger partial charge in [-0.3, -0.25) is 9.59 Å². The molecule has 3 rings (SSSR count). The minimum absolute atomic E-state index is 0. The van der Waals surface area contributed by atoms with Gasteiger partial charge in [0, 0.05) is 5.38 Å². The van der Waals surface area contributed by atoms with Gasteiger partial charge in [-0.15, -0.1) is 11.3 Å². The fourth-order valence-corrected chi connectivity index (χ4v) is 4.54. The molecule has 160 valence electrons. The van der Waals surface area contributed by atoms with Gasteiger partial charge in [0.25, 0.3) is 11.8 Å². The number of β-lactam (4-membered cyclic amide) rings is 1. The molecule has 0 radical (unpaired) electrons. The van der Waals surface area contributed by atoms with Crippen LogP contribution >= 0.6 is 11.3 Å². The van der Waals surface area contributed by atoms with Crippen molar-refractivity contribution in [2.45, 2.75) is 24.9 Å². The van der Waals surface area contributed by atoms with Crippen LogP contribution in [0.25, 0.3) is 0 Å². The Kier molecular flexibility index (Phi) is 8.57. The van der Waals surface area contributed by atoms with Crippen LogP contribution in [-0.4, -0.2) is 59.0 Å². The summed E-state index contributed by atoms with van der Waals surface area (Å²) in [6.07, 6.45) is 0.557. The predicted octanol–water partition coefficient (Wildman–Crippen LogP) is -3.13. The first-order valence-corrected chi connectivity index (χ1v) is 10.9. The third-order valence-electron chi connectivity index (χ3n) is 4.43. The molecule has 1 aliphatic heterocycles. The van der Waals surface area contributed by atoms with E-state index in [9.17, 15) is 22.6 Å². The molecule has 31 heavy (non-hydrogen) atoms. The van der Waals surface area contributed by atoms with Gasteiger partial charge in [0.1, 0.15) is 18.8 Å². The summed E-state index contributed by atoms with van der Waals surface area (Å²) in [4.78, 5) is 33.6. The maximum absolute atomic E-state index is 12.7. The summed E-state index contributed by atoms with van der Waals surface area (Å²) in [6, 6.07) is 6.90. The van der Waals surface area contributed by atoms with E-state index in [4.69, 9.17) is 5.73 Å². The van der Waals surface area contributed by atoms with Crippen LogP contribution in [0.4, 0.5) is 5.13 Å². The third kappa shape index (κ3) is 5.81. The number of nitrogens with two attached hydrogens (primary N) is 1. The number of nitrogen functional groups attached to an aromatic ring is 1. The fourth-order valence-electron chi connectivity index (χ4n) is 3.10. The number of carbonyl (C=O) groups excluding carboxylic acids is 2. The molecule has 11 nitrogen and oxygen atoms in total. The number of anilines is 1. The van der Waals surface area contributed by atoms with E-state index in [0.29, 0.717) is 6.42 Å². The number of benzene rings is 1. The number of thiazole rings is 1. The molecular weight excluding hydrogens is 457 g/mol. The second kappa shape index (κ2) is 10.5. The molecule has 0 bridgehead atoms. The molecule has 2 atom stereocenters. The Bertz CT molecular complexity index is 1080. The second-order valence-corrected chi connectivity index (χ2v) is 8.47. The summed E-state index contributed by atoms with van der Waals surface area (Å²) in [7, 11) is -3.79. The Hall–Kier alpha value is -2.03. The van der Waals surface area contributed by atoms with Crippen molar-refractivity contribution in [1.82, 2.24) is 14.6 Å². The average Bonchev–Trinajstić information content (AvgIpc) is 3.12. The minimum atomic E-state index is -5.02. The van der Waals surface area contributed by atoms with Crippen molar-refractivity contribution >= 4 is 44.3 Å². The molecule has 2 heterocycles. The van der Waals surface area contributed by atoms with E-state index in [2.05, 4.69) is 20.3 Å². The topological polar surface area (TPSA) is 167 Å². The van der Waals surface area contributed by atoms with E-state index < -0.39 is 34.2 Å². The van der Waals surface area contributed by atoms with Crippen LogP contribution in [0.2, 0.25) is 0 Å². The van der Waals surface area contributed by atoms with Gasteiger partial charge in [0.15, 0.2) is 21.1 Å². The van der Waals surface area contributed by atoms with Gasteiger partial charge in [-0.25, -0.2) is 17.7 Å². The number of nitrogens with zero attached hydrogens (tertiary/aromatic N) is 3. The number of hydrogen-bond acceptors (Lipinski definition) is 10. The molecule has 2 aromatic rings. The largest absolute Gasteiger partial charge is 1.00 e. The fraction of sp³-hybridized carbons (Fsp3) is 0.294. The monoisotopic (exact) mass is 475 g/mol. The van der Waals surface area contributed by atoms with Crippen molar-refractivity contribution in [3.63, 3.8) is 0 Å². The SMILES string of the molecule is CON=C(C(=O)NC1C(=O)N(S(=O)(=O)[O-])C1CCc1ccccc1)c1csc(N)n1.[Na+]. The zero-order valence-electron chi connectivity index (χ0n) is 16.7. The van der Waals surface area contributed by atoms with E-state index in [-0.39, 0.29) is 56.8 Å². The average molecular weight is 475 g/mol. The second-order valence-electron chi connectivity index (χ2n) is 6.33. The van der Waals surface area contributed by atoms with Crippen LogP contribution in [0.1, 0.15) is 17.7 Å². The van der Waals surface area contributed by atoms with Gasteiger partial charge >= 0.3 is 29.6 Å². The van der Waals surface area contributed by atoms with Crippen molar-refractivity contribution in [3.8, 4) is 0 Å². The third-order valence-corrected chi connectivity index (χ3v) is 6.04. The van der Waals surface area contributed by atoms with Gasteiger partial charge in [0.2, 0.25) is 0 Å². The number of hydrogen-bond donors (Lipinski definition) is 2.